The molecule has 3 aromatic carbocycles. The van der Waals surface area contributed by atoms with Crippen LogP contribution in [0, 0.1) is 6.92 Å². The fraction of sp³-hybridized carbons (Fsp3) is 0.182. The molecule has 0 aromatic heterocycles. The molecule has 1 aliphatic heterocycles. The van der Waals surface area contributed by atoms with Gasteiger partial charge < -0.3 is 0 Å². The molecular formula is C22H21ClN2O4S2. The summed E-state index contributed by atoms with van der Waals surface area (Å²) in [6.45, 7) is 2.02. The highest BCUT2D eigenvalue weighted by Gasteiger charge is 2.29. The van der Waals surface area contributed by atoms with Crippen LogP contribution in [0.1, 0.15) is 17.5 Å². The molecule has 6 nitrogen and oxygen atoms in total. The van der Waals surface area contributed by atoms with E-state index in [0.29, 0.717) is 41.3 Å². The van der Waals surface area contributed by atoms with Crippen molar-refractivity contribution < 1.29 is 16.8 Å². The van der Waals surface area contributed by atoms with E-state index in [2.05, 4.69) is 4.72 Å². The van der Waals surface area contributed by atoms with E-state index in [0.717, 1.165) is 5.56 Å². The first kappa shape index (κ1) is 21.7. The van der Waals surface area contributed by atoms with Crippen LogP contribution in [0.25, 0.3) is 0 Å². The highest BCUT2D eigenvalue weighted by molar-refractivity contribution is 7.93. The Morgan fingerprint density at radius 3 is 2.42 bits per heavy atom. The maximum atomic E-state index is 13.1. The molecule has 0 fully saturated rings. The van der Waals surface area contributed by atoms with E-state index < -0.39 is 20.0 Å². The van der Waals surface area contributed by atoms with Gasteiger partial charge in [0.2, 0.25) is 0 Å². The van der Waals surface area contributed by atoms with Gasteiger partial charge >= 0.3 is 0 Å². The van der Waals surface area contributed by atoms with Crippen LogP contribution >= 0.6 is 11.6 Å². The van der Waals surface area contributed by atoms with Crippen LogP contribution in [0.15, 0.2) is 76.5 Å². The van der Waals surface area contributed by atoms with E-state index in [1.807, 2.05) is 0 Å². The van der Waals surface area contributed by atoms with Gasteiger partial charge in [-0.2, -0.15) is 0 Å². The van der Waals surface area contributed by atoms with Crippen molar-refractivity contribution in [1.82, 2.24) is 0 Å². The second-order valence-electron chi connectivity index (χ2n) is 7.31. The number of sulfonamides is 2. The molecule has 9 heteroatoms. The summed E-state index contributed by atoms with van der Waals surface area (Å²) >= 11 is 6.07. The Bertz CT molecular complexity index is 1340. The minimum absolute atomic E-state index is 0.103. The number of anilines is 2. The summed E-state index contributed by atoms with van der Waals surface area (Å²) in [4.78, 5) is 0.329. The lowest BCUT2D eigenvalue weighted by Crippen LogP contribution is -2.35. The van der Waals surface area contributed by atoms with E-state index in [1.165, 1.54) is 10.4 Å². The van der Waals surface area contributed by atoms with E-state index >= 15 is 0 Å². The number of hydrogen-bond acceptors (Lipinski definition) is 4. The van der Waals surface area contributed by atoms with E-state index in [4.69, 9.17) is 11.6 Å². The molecule has 0 unspecified atom stereocenters. The molecule has 1 aliphatic rings. The monoisotopic (exact) mass is 476 g/mol. The van der Waals surface area contributed by atoms with Gasteiger partial charge in [-0.05, 0) is 73.4 Å². The largest absolute Gasteiger partial charge is 0.280 e. The molecule has 1 heterocycles. The third-order valence-electron chi connectivity index (χ3n) is 5.25. The quantitative estimate of drug-likeness (QED) is 0.583. The zero-order valence-corrected chi connectivity index (χ0v) is 19.1. The van der Waals surface area contributed by atoms with Gasteiger partial charge in [0.1, 0.15) is 0 Å². The number of fused-ring (bicyclic) bond motifs is 1. The minimum Gasteiger partial charge on any atom is -0.280 e. The Kier molecular flexibility index (Phi) is 5.72. The number of nitrogens with one attached hydrogen (secondary N) is 1. The van der Waals surface area contributed by atoms with Gasteiger partial charge in [0.05, 0.1) is 15.5 Å². The molecule has 0 bridgehead atoms. The van der Waals surface area contributed by atoms with Gasteiger partial charge in [-0.3, -0.25) is 9.03 Å². The molecule has 0 saturated heterocycles. The maximum absolute atomic E-state index is 13.1. The molecule has 1 N–H and O–H groups in total. The Morgan fingerprint density at radius 1 is 0.935 bits per heavy atom. The summed E-state index contributed by atoms with van der Waals surface area (Å²) in [6, 6.07) is 17.9. The van der Waals surface area contributed by atoms with Gasteiger partial charge in [-0.25, -0.2) is 16.8 Å². The SMILES string of the molecule is Cc1c(Cl)cccc1S(=O)(=O)Nc1ccc2c(c1)CCCN2S(=O)(=O)c1ccccc1. The lowest BCUT2D eigenvalue weighted by atomic mass is 10.0. The molecule has 0 saturated carbocycles. The first-order valence-electron chi connectivity index (χ1n) is 9.69. The van der Waals surface area contributed by atoms with E-state index in [-0.39, 0.29) is 9.79 Å². The van der Waals surface area contributed by atoms with E-state index in [9.17, 15) is 16.8 Å². The average molecular weight is 477 g/mol. The van der Waals surface area contributed by atoms with Crippen molar-refractivity contribution >= 4 is 43.0 Å². The van der Waals surface area contributed by atoms with Gasteiger partial charge in [0.25, 0.3) is 20.0 Å². The van der Waals surface area contributed by atoms with Gasteiger partial charge in [-0.1, -0.05) is 35.9 Å². The van der Waals surface area contributed by atoms with Crippen LogP contribution in [-0.4, -0.2) is 23.4 Å². The molecule has 0 atom stereocenters. The number of hydrogen-bond donors (Lipinski definition) is 1. The molecular weight excluding hydrogens is 456 g/mol. The average Bonchev–Trinajstić information content (AvgIpc) is 2.75. The molecule has 0 radical (unpaired) electrons. The molecule has 0 aliphatic carbocycles. The first-order valence-corrected chi connectivity index (χ1v) is 13.0. The van der Waals surface area contributed by atoms with Crippen molar-refractivity contribution in [3.63, 3.8) is 0 Å². The summed E-state index contributed by atoms with van der Waals surface area (Å²) in [7, 11) is -7.54. The first-order chi connectivity index (χ1) is 14.7. The molecule has 3 aromatic rings. The molecule has 31 heavy (non-hydrogen) atoms. The fourth-order valence-corrected chi connectivity index (χ4v) is 6.80. The Hall–Kier alpha value is -2.55. The normalized spacial score (nSPS) is 14.2. The standard InChI is InChI=1S/C22H21ClN2O4S2/c1-16-20(23)10-5-11-22(16)30(26,27)24-18-12-13-21-17(15-18)7-6-14-25(21)31(28,29)19-8-3-2-4-9-19/h2-5,8-13,15,24H,6-7,14H2,1H3. The number of nitrogens with zero attached hydrogens (tertiary/aromatic N) is 1. The Balaban J connectivity index is 1.67. The van der Waals surface area contributed by atoms with Gasteiger partial charge in [-0.15, -0.1) is 0 Å². The van der Waals surface area contributed by atoms with Crippen LogP contribution in [-0.2, 0) is 26.5 Å². The molecule has 0 spiro atoms. The summed E-state index contributed by atoms with van der Waals surface area (Å²) in [6.07, 6.45) is 1.30. The van der Waals surface area contributed by atoms with Gasteiger partial charge in [0, 0.05) is 17.3 Å². The van der Waals surface area contributed by atoms with Crippen LogP contribution < -0.4 is 9.03 Å². The van der Waals surface area contributed by atoms with E-state index in [1.54, 1.807) is 67.6 Å². The topological polar surface area (TPSA) is 83.6 Å². The number of halogens is 1. The van der Waals surface area contributed by atoms with Crippen molar-refractivity contribution in [3.8, 4) is 0 Å². The number of rotatable bonds is 5. The van der Waals surface area contributed by atoms with Crippen molar-refractivity contribution in [2.45, 2.75) is 29.6 Å². The second kappa shape index (κ2) is 8.18. The van der Waals surface area contributed by atoms with Gasteiger partial charge in [0.15, 0.2) is 0 Å². The third-order valence-corrected chi connectivity index (χ3v) is 9.01. The predicted octanol–water partition coefficient (Wildman–Crippen LogP) is 4.59. The summed E-state index contributed by atoms with van der Waals surface area (Å²) in [5.41, 5.74) is 2.18. The zero-order chi connectivity index (χ0) is 22.2. The van der Waals surface area contributed by atoms with Crippen LogP contribution in [0.4, 0.5) is 11.4 Å². The summed E-state index contributed by atoms with van der Waals surface area (Å²) in [5.74, 6) is 0. The van der Waals surface area contributed by atoms with Crippen molar-refractivity contribution in [1.29, 1.82) is 0 Å². The highest BCUT2D eigenvalue weighted by Crippen LogP contribution is 2.34. The number of benzene rings is 3. The van der Waals surface area contributed by atoms with Crippen LogP contribution in [0.5, 0.6) is 0 Å². The second-order valence-corrected chi connectivity index (χ2v) is 11.2. The molecule has 162 valence electrons. The molecule has 4 rings (SSSR count). The smallest absolute Gasteiger partial charge is 0.264 e. The fourth-order valence-electron chi connectivity index (χ4n) is 3.68. The zero-order valence-electron chi connectivity index (χ0n) is 16.7. The van der Waals surface area contributed by atoms with Crippen LogP contribution in [0.3, 0.4) is 0 Å². The lowest BCUT2D eigenvalue weighted by molar-refractivity contribution is 0.586. The van der Waals surface area contributed by atoms with Crippen LogP contribution in [0.2, 0.25) is 5.02 Å². The summed E-state index contributed by atoms with van der Waals surface area (Å²) in [5, 5.41) is 0.370. The van der Waals surface area contributed by atoms with Crippen molar-refractivity contribution in [2.24, 2.45) is 0 Å². The highest BCUT2D eigenvalue weighted by atomic mass is 35.5. The Labute approximate surface area is 187 Å². The van der Waals surface area contributed by atoms with Crippen molar-refractivity contribution in [3.05, 3.63) is 82.9 Å². The lowest BCUT2D eigenvalue weighted by Gasteiger charge is -2.31. The van der Waals surface area contributed by atoms with Crippen molar-refractivity contribution in [2.75, 3.05) is 15.6 Å². The summed E-state index contributed by atoms with van der Waals surface area (Å²) < 4.78 is 56.0. The molecule has 0 amide bonds. The maximum Gasteiger partial charge on any atom is 0.264 e. The minimum atomic E-state index is -3.84. The number of aryl methyl sites for hydroxylation is 1. The third kappa shape index (κ3) is 4.15. The predicted molar refractivity (Wildman–Crippen MR) is 123 cm³/mol. The Morgan fingerprint density at radius 2 is 1.68 bits per heavy atom.